The van der Waals surface area contributed by atoms with E-state index in [1.807, 2.05) is 42.3 Å². The van der Waals surface area contributed by atoms with Crippen LogP contribution in [0.5, 0.6) is 5.75 Å². The van der Waals surface area contributed by atoms with Crippen molar-refractivity contribution in [2.24, 2.45) is 18.0 Å². The number of nitrogens with zero attached hydrogens (tertiary/aromatic N) is 4. The Hall–Kier alpha value is -1.81. The fourth-order valence-electron chi connectivity index (χ4n) is 3.42. The Labute approximate surface area is 203 Å². The fourth-order valence-corrected chi connectivity index (χ4v) is 3.42. The van der Waals surface area contributed by atoms with Gasteiger partial charge in [-0.25, -0.2) is 4.99 Å². The Morgan fingerprint density at radius 3 is 2.87 bits per heavy atom. The van der Waals surface area contributed by atoms with Gasteiger partial charge in [-0.2, -0.15) is 5.10 Å². The molecule has 1 aliphatic rings. The van der Waals surface area contributed by atoms with E-state index in [9.17, 15) is 0 Å². The van der Waals surface area contributed by atoms with Crippen molar-refractivity contribution in [1.82, 2.24) is 20.0 Å². The van der Waals surface area contributed by atoms with E-state index in [2.05, 4.69) is 42.2 Å². The molecule has 0 radical (unpaired) electrons. The van der Waals surface area contributed by atoms with Crippen LogP contribution in [0.15, 0.2) is 41.7 Å². The van der Waals surface area contributed by atoms with Crippen LogP contribution < -0.4 is 10.1 Å². The second kappa shape index (κ2) is 12.9. The SMILES string of the molecule is CCNC(=NCc1ccccc1OCCC(C)C)N1CCOC(c2cnn(C)c2)C1.I. The molecule has 0 bridgehead atoms. The van der Waals surface area contributed by atoms with E-state index in [-0.39, 0.29) is 30.1 Å². The zero-order chi connectivity index (χ0) is 21.3. The van der Waals surface area contributed by atoms with Crippen LogP contribution in [0.3, 0.4) is 0 Å². The molecular weight excluding hydrogens is 505 g/mol. The second-order valence-electron chi connectivity index (χ2n) is 8.06. The maximum atomic E-state index is 6.03. The van der Waals surface area contributed by atoms with Gasteiger partial charge in [-0.05, 0) is 25.3 Å². The molecule has 8 heteroatoms. The topological polar surface area (TPSA) is 63.9 Å². The van der Waals surface area contributed by atoms with Crippen LogP contribution in [0.2, 0.25) is 0 Å². The minimum atomic E-state index is 0. The first-order chi connectivity index (χ1) is 14.6. The Morgan fingerprint density at radius 1 is 1.35 bits per heavy atom. The summed E-state index contributed by atoms with van der Waals surface area (Å²) < 4.78 is 13.8. The predicted octanol–water partition coefficient (Wildman–Crippen LogP) is 4.00. The number of rotatable bonds is 8. The van der Waals surface area contributed by atoms with Crippen LogP contribution in [0, 0.1) is 5.92 Å². The van der Waals surface area contributed by atoms with Gasteiger partial charge in [0.05, 0.1) is 32.5 Å². The summed E-state index contributed by atoms with van der Waals surface area (Å²) in [4.78, 5) is 7.19. The summed E-state index contributed by atoms with van der Waals surface area (Å²) in [6.45, 7) is 10.9. The first kappa shape index (κ1) is 25.5. The van der Waals surface area contributed by atoms with E-state index in [4.69, 9.17) is 14.5 Å². The van der Waals surface area contributed by atoms with Crippen LogP contribution in [0.4, 0.5) is 0 Å². The van der Waals surface area contributed by atoms with Gasteiger partial charge in [0.25, 0.3) is 0 Å². The van der Waals surface area contributed by atoms with Gasteiger partial charge in [-0.15, -0.1) is 24.0 Å². The van der Waals surface area contributed by atoms with E-state index in [0.29, 0.717) is 19.1 Å². The molecule has 1 atom stereocenters. The first-order valence-electron chi connectivity index (χ1n) is 10.9. The predicted molar refractivity (Wildman–Crippen MR) is 135 cm³/mol. The molecule has 7 nitrogen and oxygen atoms in total. The zero-order valence-electron chi connectivity index (χ0n) is 19.1. The second-order valence-corrected chi connectivity index (χ2v) is 8.06. The highest BCUT2D eigenvalue weighted by Gasteiger charge is 2.25. The highest BCUT2D eigenvalue weighted by molar-refractivity contribution is 14.0. The van der Waals surface area contributed by atoms with Gasteiger partial charge < -0.3 is 19.7 Å². The van der Waals surface area contributed by atoms with E-state index >= 15 is 0 Å². The number of hydrogen-bond acceptors (Lipinski definition) is 4. The molecule has 1 aromatic heterocycles. The van der Waals surface area contributed by atoms with E-state index < -0.39 is 0 Å². The third kappa shape index (κ3) is 7.68. The van der Waals surface area contributed by atoms with Crippen molar-refractivity contribution in [3.63, 3.8) is 0 Å². The fraction of sp³-hybridized carbons (Fsp3) is 0.565. The molecule has 1 fully saturated rings. The zero-order valence-corrected chi connectivity index (χ0v) is 21.4. The lowest BCUT2D eigenvalue weighted by molar-refractivity contribution is -0.00805. The molecule has 2 aromatic rings. The third-order valence-corrected chi connectivity index (χ3v) is 5.12. The summed E-state index contributed by atoms with van der Waals surface area (Å²) in [5.74, 6) is 2.46. The molecule has 0 spiro atoms. The Morgan fingerprint density at radius 2 is 2.16 bits per heavy atom. The minimum Gasteiger partial charge on any atom is -0.493 e. The Balaban J connectivity index is 0.00000341. The summed E-state index contributed by atoms with van der Waals surface area (Å²) in [5, 5.41) is 7.71. The highest BCUT2D eigenvalue weighted by atomic mass is 127. The van der Waals surface area contributed by atoms with Gasteiger partial charge in [-0.3, -0.25) is 4.68 Å². The van der Waals surface area contributed by atoms with Gasteiger partial charge in [0.1, 0.15) is 11.9 Å². The van der Waals surface area contributed by atoms with Gasteiger partial charge in [0.2, 0.25) is 0 Å². The van der Waals surface area contributed by atoms with Crippen LogP contribution in [-0.4, -0.2) is 53.5 Å². The quantitative estimate of drug-likeness (QED) is 0.311. The number of ether oxygens (including phenoxy) is 2. The first-order valence-corrected chi connectivity index (χ1v) is 10.9. The third-order valence-electron chi connectivity index (χ3n) is 5.12. The summed E-state index contributed by atoms with van der Waals surface area (Å²) in [6, 6.07) is 8.19. The number of guanidine groups is 1. The molecule has 0 aliphatic carbocycles. The molecular formula is C23H36IN5O2. The van der Waals surface area contributed by atoms with Gasteiger partial charge >= 0.3 is 0 Å². The molecule has 0 saturated carbocycles. The van der Waals surface area contributed by atoms with Crippen molar-refractivity contribution in [3.8, 4) is 5.75 Å². The lowest BCUT2D eigenvalue weighted by Crippen LogP contribution is -2.48. The number of hydrogen-bond donors (Lipinski definition) is 1. The summed E-state index contributed by atoms with van der Waals surface area (Å²) in [6.07, 6.45) is 4.94. The largest absolute Gasteiger partial charge is 0.493 e. The summed E-state index contributed by atoms with van der Waals surface area (Å²) >= 11 is 0. The maximum absolute atomic E-state index is 6.03. The normalized spacial score (nSPS) is 16.9. The van der Waals surface area contributed by atoms with Gasteiger partial charge in [-0.1, -0.05) is 32.0 Å². The lowest BCUT2D eigenvalue weighted by atomic mass is 10.1. The van der Waals surface area contributed by atoms with Crippen LogP contribution >= 0.6 is 24.0 Å². The highest BCUT2D eigenvalue weighted by Crippen LogP contribution is 2.23. The van der Waals surface area contributed by atoms with E-state index in [1.54, 1.807) is 0 Å². The maximum Gasteiger partial charge on any atom is 0.194 e. The summed E-state index contributed by atoms with van der Waals surface area (Å²) in [7, 11) is 1.93. The van der Waals surface area contributed by atoms with E-state index in [0.717, 1.165) is 55.5 Å². The number of halogens is 1. The van der Waals surface area contributed by atoms with Crippen molar-refractivity contribution < 1.29 is 9.47 Å². The van der Waals surface area contributed by atoms with Crippen LogP contribution in [0.1, 0.15) is 44.4 Å². The smallest absolute Gasteiger partial charge is 0.194 e. The minimum absolute atomic E-state index is 0. The number of nitrogens with one attached hydrogen (secondary N) is 1. The number of para-hydroxylation sites is 1. The molecule has 1 unspecified atom stereocenters. The number of aliphatic imine (C=N–C) groups is 1. The van der Waals surface area contributed by atoms with Crippen LogP contribution in [-0.2, 0) is 18.3 Å². The van der Waals surface area contributed by atoms with Crippen molar-refractivity contribution in [3.05, 3.63) is 47.8 Å². The van der Waals surface area contributed by atoms with Gasteiger partial charge in [0.15, 0.2) is 5.96 Å². The summed E-state index contributed by atoms with van der Waals surface area (Å²) in [5.41, 5.74) is 2.20. The molecule has 3 rings (SSSR count). The number of aromatic nitrogens is 2. The number of morpholine rings is 1. The molecule has 31 heavy (non-hydrogen) atoms. The van der Waals surface area contributed by atoms with Crippen molar-refractivity contribution in [1.29, 1.82) is 0 Å². The molecule has 1 N–H and O–H groups in total. The average molecular weight is 541 g/mol. The molecule has 172 valence electrons. The van der Waals surface area contributed by atoms with Crippen LogP contribution in [0.25, 0.3) is 0 Å². The van der Waals surface area contributed by atoms with Gasteiger partial charge in [0, 0.05) is 37.5 Å². The molecule has 1 aliphatic heterocycles. The molecule has 1 aromatic carbocycles. The monoisotopic (exact) mass is 541 g/mol. The number of benzene rings is 1. The molecule has 2 heterocycles. The van der Waals surface area contributed by atoms with Crippen molar-refractivity contribution in [2.45, 2.75) is 39.8 Å². The molecule has 1 saturated heterocycles. The standard InChI is InChI=1S/C23H35N5O2.HI/c1-5-24-23(28-11-13-30-22(17-28)20-15-26-27(4)16-20)25-14-19-8-6-7-9-21(19)29-12-10-18(2)3;/h6-9,15-16,18,22H,5,10-14,17H2,1-4H3,(H,24,25);1H. The lowest BCUT2D eigenvalue weighted by Gasteiger charge is -2.34. The van der Waals surface area contributed by atoms with Crippen molar-refractivity contribution in [2.75, 3.05) is 32.8 Å². The average Bonchev–Trinajstić information content (AvgIpc) is 3.18. The Bertz CT molecular complexity index is 824. The van der Waals surface area contributed by atoms with Crippen molar-refractivity contribution >= 4 is 29.9 Å². The number of aryl methyl sites for hydroxylation is 1. The van der Waals surface area contributed by atoms with E-state index in [1.165, 1.54) is 0 Å². The Kier molecular flexibility index (Phi) is 10.6. The molecule has 0 amide bonds.